The van der Waals surface area contributed by atoms with Gasteiger partial charge < -0.3 is 10.1 Å². The van der Waals surface area contributed by atoms with Crippen LogP contribution in [0.5, 0.6) is 5.75 Å². The van der Waals surface area contributed by atoms with Crippen LogP contribution in [0.4, 0.5) is 0 Å². The van der Waals surface area contributed by atoms with Crippen LogP contribution in [0.3, 0.4) is 0 Å². The summed E-state index contributed by atoms with van der Waals surface area (Å²) in [4.78, 5) is 12.8. The molecule has 0 heterocycles. The van der Waals surface area contributed by atoms with Crippen LogP contribution in [0.1, 0.15) is 24.1 Å². The van der Waals surface area contributed by atoms with Gasteiger partial charge in [-0.2, -0.15) is 4.31 Å². The molecule has 168 valence electrons. The number of rotatable bonds is 9. The molecule has 0 aliphatic heterocycles. The molecule has 1 amide bonds. The summed E-state index contributed by atoms with van der Waals surface area (Å²) in [5.41, 5.74) is 1.69. The normalized spacial score (nSPS) is 12.4. The zero-order valence-corrected chi connectivity index (χ0v) is 19.4. The first-order valence-corrected chi connectivity index (χ1v) is 11.8. The van der Waals surface area contributed by atoms with Crippen molar-refractivity contribution in [1.29, 1.82) is 0 Å². The van der Waals surface area contributed by atoms with Crippen LogP contribution in [0.15, 0.2) is 83.8 Å². The Labute approximate surface area is 193 Å². The molecule has 1 unspecified atom stereocenters. The van der Waals surface area contributed by atoms with E-state index in [1.54, 1.807) is 0 Å². The Kier molecular flexibility index (Phi) is 7.90. The molecular formula is C24H25ClN2O4S. The molecule has 0 spiro atoms. The average Bonchev–Trinajstić information content (AvgIpc) is 2.79. The maximum absolute atomic E-state index is 13.4. The number of ether oxygens (including phenoxy) is 1. The fraction of sp³-hybridized carbons (Fsp3) is 0.208. The molecule has 0 aliphatic carbocycles. The van der Waals surface area contributed by atoms with E-state index in [-0.39, 0.29) is 29.0 Å². The predicted octanol–water partition coefficient (Wildman–Crippen LogP) is 4.42. The van der Waals surface area contributed by atoms with Gasteiger partial charge >= 0.3 is 0 Å². The molecule has 0 radical (unpaired) electrons. The number of nitrogens with zero attached hydrogens (tertiary/aromatic N) is 1. The number of sulfonamides is 1. The monoisotopic (exact) mass is 472 g/mol. The first kappa shape index (κ1) is 23.8. The molecule has 0 aliphatic rings. The van der Waals surface area contributed by atoms with Gasteiger partial charge in [-0.05, 0) is 36.2 Å². The number of nitrogens with one attached hydrogen (secondary N) is 1. The number of hydrogen-bond acceptors (Lipinski definition) is 4. The lowest BCUT2D eigenvalue weighted by atomic mass is 10.1. The van der Waals surface area contributed by atoms with E-state index in [4.69, 9.17) is 16.3 Å². The molecule has 0 aromatic heterocycles. The number of hydrogen-bond donors (Lipinski definition) is 1. The number of carbonyl (C=O) groups excluding carboxylic acids is 1. The Morgan fingerprint density at radius 2 is 1.66 bits per heavy atom. The Balaban J connectivity index is 1.86. The van der Waals surface area contributed by atoms with Crippen LogP contribution < -0.4 is 10.1 Å². The second-order valence-electron chi connectivity index (χ2n) is 7.25. The Hall–Kier alpha value is -2.87. The standard InChI is InChI=1S/C24H25ClN2O4S/c1-18(20-11-7-4-8-12-20)26-24(28)17-27(16-19-9-5-3-6-10-19)32(29,30)21-13-14-23(31-2)22(25)15-21/h3-15,18H,16-17H2,1-2H3,(H,26,28). The van der Waals surface area contributed by atoms with E-state index in [2.05, 4.69) is 5.32 Å². The lowest BCUT2D eigenvalue weighted by Crippen LogP contribution is -2.41. The fourth-order valence-corrected chi connectivity index (χ4v) is 4.98. The molecule has 0 fully saturated rings. The molecule has 3 rings (SSSR count). The summed E-state index contributed by atoms with van der Waals surface area (Å²) >= 11 is 6.16. The molecule has 0 bridgehead atoms. The van der Waals surface area contributed by atoms with Crippen molar-refractivity contribution in [3.05, 3.63) is 95.0 Å². The molecule has 32 heavy (non-hydrogen) atoms. The van der Waals surface area contributed by atoms with Crippen molar-refractivity contribution < 1.29 is 17.9 Å². The van der Waals surface area contributed by atoms with Gasteiger partial charge in [0.1, 0.15) is 5.75 Å². The SMILES string of the molecule is COc1ccc(S(=O)(=O)N(CC(=O)NC(C)c2ccccc2)Cc2ccccc2)cc1Cl. The molecule has 1 atom stereocenters. The van der Waals surface area contributed by atoms with Gasteiger partial charge in [0.25, 0.3) is 0 Å². The largest absolute Gasteiger partial charge is 0.495 e. The highest BCUT2D eigenvalue weighted by molar-refractivity contribution is 7.89. The Morgan fingerprint density at radius 1 is 1.03 bits per heavy atom. The van der Waals surface area contributed by atoms with E-state index in [0.29, 0.717) is 5.75 Å². The summed E-state index contributed by atoms with van der Waals surface area (Å²) in [5, 5.41) is 3.05. The maximum Gasteiger partial charge on any atom is 0.243 e. The second kappa shape index (κ2) is 10.6. The van der Waals surface area contributed by atoms with Gasteiger partial charge in [0.15, 0.2) is 0 Å². The van der Waals surface area contributed by atoms with Gasteiger partial charge in [0.2, 0.25) is 15.9 Å². The van der Waals surface area contributed by atoms with Crippen molar-refractivity contribution in [2.45, 2.75) is 24.4 Å². The minimum absolute atomic E-state index is 0.0110. The number of benzene rings is 3. The molecule has 3 aromatic carbocycles. The fourth-order valence-electron chi connectivity index (χ4n) is 3.24. The molecule has 0 saturated carbocycles. The van der Waals surface area contributed by atoms with Crippen LogP contribution >= 0.6 is 11.6 Å². The van der Waals surface area contributed by atoms with Crippen molar-refractivity contribution >= 4 is 27.5 Å². The number of halogens is 1. The molecular weight excluding hydrogens is 448 g/mol. The van der Waals surface area contributed by atoms with Crippen LogP contribution in [-0.4, -0.2) is 32.3 Å². The minimum atomic E-state index is -4.01. The first-order chi connectivity index (χ1) is 15.3. The van der Waals surface area contributed by atoms with E-state index in [9.17, 15) is 13.2 Å². The topological polar surface area (TPSA) is 75.7 Å². The van der Waals surface area contributed by atoms with Gasteiger partial charge in [-0.3, -0.25) is 4.79 Å². The van der Waals surface area contributed by atoms with E-state index >= 15 is 0 Å². The van der Waals surface area contributed by atoms with Crippen molar-refractivity contribution in [3.63, 3.8) is 0 Å². The molecule has 8 heteroatoms. The molecule has 3 aromatic rings. The van der Waals surface area contributed by atoms with E-state index in [1.165, 1.54) is 25.3 Å². The summed E-state index contributed by atoms with van der Waals surface area (Å²) in [6.07, 6.45) is 0. The van der Waals surface area contributed by atoms with Gasteiger partial charge in [-0.15, -0.1) is 0 Å². The summed E-state index contributed by atoms with van der Waals surface area (Å²) < 4.78 is 33.1. The van der Waals surface area contributed by atoms with Crippen molar-refractivity contribution in [3.8, 4) is 5.75 Å². The zero-order chi connectivity index (χ0) is 23.1. The summed E-state index contributed by atoms with van der Waals surface area (Å²) in [6.45, 7) is 1.56. The Morgan fingerprint density at radius 3 is 2.25 bits per heavy atom. The van der Waals surface area contributed by atoms with Gasteiger partial charge in [0.05, 0.1) is 29.6 Å². The third kappa shape index (κ3) is 5.88. The van der Waals surface area contributed by atoms with Crippen molar-refractivity contribution in [2.24, 2.45) is 0 Å². The molecule has 6 nitrogen and oxygen atoms in total. The third-order valence-corrected chi connectivity index (χ3v) is 7.04. The summed E-state index contributed by atoms with van der Waals surface area (Å²) in [5.74, 6) is -0.0323. The van der Waals surface area contributed by atoms with E-state index in [1.807, 2.05) is 67.6 Å². The molecule has 1 N–H and O–H groups in total. The number of methoxy groups -OCH3 is 1. The highest BCUT2D eigenvalue weighted by Crippen LogP contribution is 2.29. The minimum Gasteiger partial charge on any atom is -0.495 e. The Bertz CT molecular complexity index is 1160. The highest BCUT2D eigenvalue weighted by atomic mass is 35.5. The second-order valence-corrected chi connectivity index (χ2v) is 9.60. The number of amides is 1. The van der Waals surface area contributed by atoms with Gasteiger partial charge in [0, 0.05) is 6.54 Å². The maximum atomic E-state index is 13.4. The average molecular weight is 473 g/mol. The van der Waals surface area contributed by atoms with Gasteiger partial charge in [-0.25, -0.2) is 8.42 Å². The number of carbonyl (C=O) groups is 1. The lowest BCUT2D eigenvalue weighted by Gasteiger charge is -2.23. The van der Waals surface area contributed by atoms with E-state index in [0.717, 1.165) is 15.4 Å². The summed E-state index contributed by atoms with van der Waals surface area (Å²) in [7, 11) is -2.56. The highest BCUT2D eigenvalue weighted by Gasteiger charge is 2.28. The van der Waals surface area contributed by atoms with Crippen LogP contribution in [-0.2, 0) is 21.4 Å². The summed E-state index contributed by atoms with van der Waals surface area (Å²) in [6, 6.07) is 22.6. The first-order valence-electron chi connectivity index (χ1n) is 10.0. The zero-order valence-electron chi connectivity index (χ0n) is 17.9. The smallest absolute Gasteiger partial charge is 0.243 e. The van der Waals surface area contributed by atoms with Crippen LogP contribution in [0.2, 0.25) is 5.02 Å². The lowest BCUT2D eigenvalue weighted by molar-refractivity contribution is -0.122. The third-order valence-electron chi connectivity index (χ3n) is 4.96. The van der Waals surface area contributed by atoms with E-state index < -0.39 is 15.9 Å². The molecule has 0 saturated heterocycles. The van der Waals surface area contributed by atoms with Crippen molar-refractivity contribution in [2.75, 3.05) is 13.7 Å². The van der Waals surface area contributed by atoms with Crippen LogP contribution in [0, 0.1) is 0 Å². The predicted molar refractivity (Wildman–Crippen MR) is 125 cm³/mol. The van der Waals surface area contributed by atoms with Gasteiger partial charge in [-0.1, -0.05) is 72.3 Å². The quantitative estimate of drug-likeness (QED) is 0.500. The van der Waals surface area contributed by atoms with Crippen molar-refractivity contribution in [1.82, 2.24) is 9.62 Å². The van der Waals surface area contributed by atoms with Crippen LogP contribution in [0.25, 0.3) is 0 Å².